The van der Waals surface area contributed by atoms with E-state index in [-0.39, 0.29) is 12.1 Å². The third-order valence-corrected chi connectivity index (χ3v) is 6.73. The molecule has 3 aromatic carbocycles. The molecule has 1 atom stereocenters. The van der Waals surface area contributed by atoms with Crippen LogP contribution >= 0.6 is 0 Å². The Bertz CT molecular complexity index is 1480. The Morgan fingerprint density at radius 2 is 1.83 bits per heavy atom. The lowest BCUT2D eigenvalue weighted by Crippen LogP contribution is -2.17. The molecule has 9 heteroatoms. The number of amides is 1. The molecule has 7 nitrogen and oxygen atoms in total. The molecular weight excluding hydrogens is 481 g/mol. The van der Waals surface area contributed by atoms with Crippen molar-refractivity contribution in [2.75, 3.05) is 6.26 Å². The maximum absolute atomic E-state index is 14.1. The van der Waals surface area contributed by atoms with Crippen LogP contribution in [0.1, 0.15) is 35.6 Å². The molecule has 0 saturated heterocycles. The smallest absolute Gasteiger partial charge is 0.270 e. The second kappa shape index (κ2) is 10.6. The summed E-state index contributed by atoms with van der Waals surface area (Å²) < 4.78 is 25.8. The Balaban J connectivity index is 1.57. The van der Waals surface area contributed by atoms with Crippen LogP contribution in [-0.2, 0) is 15.6 Å². The first-order valence-corrected chi connectivity index (χ1v) is 12.5. The summed E-state index contributed by atoms with van der Waals surface area (Å²) in [7, 11) is -1.08. The molecule has 0 radical (unpaired) electrons. The number of nitrogens with one attached hydrogen (secondary N) is 1. The number of hydrazone groups is 1. The van der Waals surface area contributed by atoms with Crippen molar-refractivity contribution in [3.05, 3.63) is 110 Å². The number of non-ortho nitro benzene ring substituents is 1. The van der Waals surface area contributed by atoms with Crippen molar-refractivity contribution in [2.24, 2.45) is 5.10 Å². The Morgan fingerprint density at radius 1 is 1.08 bits per heavy atom. The van der Waals surface area contributed by atoms with E-state index in [0.29, 0.717) is 16.7 Å². The van der Waals surface area contributed by atoms with Crippen molar-refractivity contribution in [1.29, 1.82) is 0 Å². The molecule has 0 bridgehead atoms. The summed E-state index contributed by atoms with van der Waals surface area (Å²) in [4.78, 5) is 23.8. The van der Waals surface area contributed by atoms with E-state index < -0.39 is 27.4 Å². The Hall–Kier alpha value is -4.24. The third-order valence-electron chi connectivity index (χ3n) is 5.80. The van der Waals surface area contributed by atoms with E-state index in [0.717, 1.165) is 27.2 Å². The van der Waals surface area contributed by atoms with E-state index >= 15 is 0 Å². The van der Waals surface area contributed by atoms with Crippen LogP contribution in [0.15, 0.2) is 82.3 Å². The fraction of sp³-hybridized carbons (Fsp3) is 0.111. The van der Waals surface area contributed by atoms with E-state index in [1.807, 2.05) is 25.1 Å². The van der Waals surface area contributed by atoms with Gasteiger partial charge in [0.25, 0.3) is 5.69 Å². The molecule has 36 heavy (non-hydrogen) atoms. The summed E-state index contributed by atoms with van der Waals surface area (Å²) in [6.07, 6.45) is 4.87. The molecular formula is C27H22FN3O4S. The normalized spacial score (nSPS) is 14.8. The van der Waals surface area contributed by atoms with Gasteiger partial charge >= 0.3 is 0 Å². The molecule has 3 aromatic rings. The maximum atomic E-state index is 14.1. The first-order valence-electron chi connectivity index (χ1n) is 10.9. The van der Waals surface area contributed by atoms with Gasteiger partial charge in [-0.25, -0.2) is 9.82 Å². The number of allylic oxidation sites excluding steroid dienone is 2. The maximum Gasteiger partial charge on any atom is 0.270 e. The fourth-order valence-corrected chi connectivity index (χ4v) is 4.52. The molecule has 1 N–H and O–H groups in total. The Kier molecular flexibility index (Phi) is 7.30. The number of rotatable bonds is 7. The van der Waals surface area contributed by atoms with Gasteiger partial charge in [0.05, 0.1) is 17.6 Å². The largest absolute Gasteiger partial charge is 0.273 e. The van der Waals surface area contributed by atoms with Crippen LogP contribution in [0.5, 0.6) is 0 Å². The van der Waals surface area contributed by atoms with Crippen molar-refractivity contribution in [1.82, 2.24) is 5.43 Å². The zero-order valence-electron chi connectivity index (χ0n) is 19.5. The number of fused-ring (bicyclic) bond motifs is 1. The van der Waals surface area contributed by atoms with Crippen LogP contribution in [-0.4, -0.2) is 27.5 Å². The van der Waals surface area contributed by atoms with Gasteiger partial charge in [-0.2, -0.15) is 5.10 Å². The number of hydrogen-bond donors (Lipinski definition) is 1. The highest BCUT2D eigenvalue weighted by Gasteiger charge is 2.25. The topological polar surface area (TPSA) is 102 Å². The van der Waals surface area contributed by atoms with E-state index in [2.05, 4.69) is 10.5 Å². The van der Waals surface area contributed by atoms with Gasteiger partial charge in [0.2, 0.25) is 5.91 Å². The molecule has 4 rings (SSSR count). The highest BCUT2D eigenvalue weighted by Crippen LogP contribution is 2.43. The van der Waals surface area contributed by atoms with Crippen molar-refractivity contribution in [3.63, 3.8) is 0 Å². The summed E-state index contributed by atoms with van der Waals surface area (Å²) >= 11 is 0. The number of nitrogens with zero attached hydrogens (tertiary/aromatic N) is 2. The minimum atomic E-state index is -1.08. The van der Waals surface area contributed by atoms with Gasteiger partial charge in [-0.1, -0.05) is 30.3 Å². The number of halogens is 1. The molecule has 0 spiro atoms. The molecule has 0 saturated carbocycles. The summed E-state index contributed by atoms with van der Waals surface area (Å²) in [5.74, 6) is -0.809. The molecule has 0 fully saturated rings. The molecule has 1 unspecified atom stereocenters. The summed E-state index contributed by atoms with van der Waals surface area (Å²) in [5, 5.41) is 14.8. The predicted octanol–water partition coefficient (Wildman–Crippen LogP) is 5.34. The van der Waals surface area contributed by atoms with Gasteiger partial charge in [0.15, 0.2) is 0 Å². The van der Waals surface area contributed by atoms with Crippen LogP contribution in [0, 0.1) is 15.9 Å². The number of nitro benzene ring substituents is 1. The second-order valence-corrected chi connectivity index (χ2v) is 9.58. The van der Waals surface area contributed by atoms with E-state index in [4.69, 9.17) is 0 Å². The first kappa shape index (κ1) is 24.9. The van der Waals surface area contributed by atoms with Crippen molar-refractivity contribution >= 4 is 45.8 Å². The quantitative estimate of drug-likeness (QED) is 0.267. The first-order chi connectivity index (χ1) is 17.2. The molecule has 0 aliphatic heterocycles. The molecule has 182 valence electrons. The van der Waals surface area contributed by atoms with Gasteiger partial charge in [-0.3, -0.25) is 19.1 Å². The van der Waals surface area contributed by atoms with Gasteiger partial charge in [-0.05, 0) is 70.7 Å². The molecule has 1 aliphatic rings. The average Bonchev–Trinajstić information content (AvgIpc) is 3.09. The number of carbonyl (C=O) groups is 1. The number of benzene rings is 3. The lowest BCUT2D eigenvalue weighted by Gasteiger charge is -2.06. The van der Waals surface area contributed by atoms with Gasteiger partial charge in [0.1, 0.15) is 5.82 Å². The zero-order chi connectivity index (χ0) is 25.8. The lowest BCUT2D eigenvalue weighted by atomic mass is 10.0. The molecule has 0 aromatic heterocycles. The molecule has 1 aliphatic carbocycles. The fourth-order valence-electron chi connectivity index (χ4n) is 4.00. The van der Waals surface area contributed by atoms with Crippen LogP contribution in [0.25, 0.3) is 17.2 Å². The lowest BCUT2D eigenvalue weighted by molar-refractivity contribution is -0.384. The van der Waals surface area contributed by atoms with Crippen molar-refractivity contribution < 1.29 is 18.3 Å². The Morgan fingerprint density at radius 3 is 2.53 bits per heavy atom. The summed E-state index contributed by atoms with van der Waals surface area (Å²) in [6, 6.07) is 17.7. The number of nitro groups is 1. The minimum Gasteiger partial charge on any atom is -0.273 e. The zero-order valence-corrected chi connectivity index (χ0v) is 20.3. The van der Waals surface area contributed by atoms with Crippen LogP contribution in [0.2, 0.25) is 0 Å². The van der Waals surface area contributed by atoms with Gasteiger partial charge < -0.3 is 0 Å². The molecule has 1 amide bonds. The average molecular weight is 504 g/mol. The molecule has 0 heterocycles. The standard InChI is InChI=1S/C27H22FN3O4S/c1-17-24(13-18-6-9-22(10-7-18)36(2)35)23-11-8-20(28)14-26(23)25(17)15-27(32)30-29-16-19-4-3-5-21(12-19)31(33)34/h3-14,16H,15H2,1-2H3,(H,30,32)/b24-13-,29-16-. The van der Waals surface area contributed by atoms with Gasteiger partial charge in [0, 0.05) is 39.6 Å². The number of carbonyl (C=O) groups excluding carboxylic acids is 1. The van der Waals surface area contributed by atoms with Crippen molar-refractivity contribution in [2.45, 2.75) is 18.2 Å². The van der Waals surface area contributed by atoms with Gasteiger partial charge in [-0.15, -0.1) is 0 Å². The van der Waals surface area contributed by atoms with Crippen LogP contribution in [0.3, 0.4) is 0 Å². The second-order valence-electron chi connectivity index (χ2n) is 8.20. The van der Waals surface area contributed by atoms with E-state index in [1.54, 1.807) is 30.5 Å². The highest BCUT2D eigenvalue weighted by atomic mass is 32.2. The highest BCUT2D eigenvalue weighted by molar-refractivity contribution is 7.84. The third kappa shape index (κ3) is 5.52. The van der Waals surface area contributed by atoms with E-state index in [9.17, 15) is 23.5 Å². The van der Waals surface area contributed by atoms with Crippen LogP contribution in [0.4, 0.5) is 10.1 Å². The van der Waals surface area contributed by atoms with Crippen molar-refractivity contribution in [3.8, 4) is 0 Å². The Labute approximate surface area is 209 Å². The summed E-state index contributed by atoms with van der Waals surface area (Å²) in [6.45, 7) is 1.88. The predicted molar refractivity (Wildman–Crippen MR) is 139 cm³/mol. The number of hydrogen-bond acceptors (Lipinski definition) is 5. The van der Waals surface area contributed by atoms with Crippen LogP contribution < -0.4 is 5.43 Å². The SMILES string of the molecule is CC1=C(CC(=O)N/N=C\c2cccc([N+](=O)[O-])c2)c2cc(F)ccc2/C1=C\c1ccc(S(C)=O)cc1. The summed E-state index contributed by atoms with van der Waals surface area (Å²) in [5.41, 5.74) is 7.58. The van der Waals surface area contributed by atoms with E-state index in [1.165, 1.54) is 36.5 Å². The minimum absolute atomic E-state index is 0.0281. The monoisotopic (exact) mass is 503 g/mol.